The molecular formula is C12H19N5O2. The molecule has 7 heteroatoms. The number of anilines is 1. The smallest absolute Gasteiger partial charge is 0.280 e. The highest BCUT2D eigenvalue weighted by Crippen LogP contribution is 2.07. The first-order valence-corrected chi connectivity index (χ1v) is 6.50. The average Bonchev–Trinajstić information content (AvgIpc) is 2.77. The van der Waals surface area contributed by atoms with Gasteiger partial charge >= 0.3 is 0 Å². The Balaban J connectivity index is 1.96. The molecule has 0 unspecified atom stereocenters. The molecule has 2 aromatic heterocycles. The van der Waals surface area contributed by atoms with E-state index < -0.39 is 0 Å². The van der Waals surface area contributed by atoms with Gasteiger partial charge in [-0.15, -0.1) is 0 Å². The van der Waals surface area contributed by atoms with Crippen molar-refractivity contribution >= 4 is 17.1 Å². The van der Waals surface area contributed by atoms with Crippen LogP contribution in [0.5, 0.6) is 0 Å². The summed E-state index contributed by atoms with van der Waals surface area (Å²) < 4.78 is 7.22. The number of nitrogens with two attached hydrogens (primary N) is 1. The van der Waals surface area contributed by atoms with Crippen molar-refractivity contribution in [1.29, 1.82) is 0 Å². The SMILES string of the molecule is CCCCCCOCn1cnc2c(=O)[nH]c(N)nc21. The van der Waals surface area contributed by atoms with Gasteiger partial charge in [-0.25, -0.2) is 4.98 Å². The van der Waals surface area contributed by atoms with Gasteiger partial charge in [0.15, 0.2) is 11.2 Å². The van der Waals surface area contributed by atoms with Crippen LogP contribution < -0.4 is 11.3 Å². The summed E-state index contributed by atoms with van der Waals surface area (Å²) in [5.74, 6) is 0.0854. The molecule has 0 aromatic carbocycles. The third-order valence-electron chi connectivity index (χ3n) is 2.87. The van der Waals surface area contributed by atoms with Gasteiger partial charge in [-0.3, -0.25) is 14.3 Å². The maximum Gasteiger partial charge on any atom is 0.280 e. The number of hydrogen-bond donors (Lipinski definition) is 2. The van der Waals surface area contributed by atoms with Crippen molar-refractivity contribution in [3.05, 3.63) is 16.7 Å². The monoisotopic (exact) mass is 265 g/mol. The summed E-state index contributed by atoms with van der Waals surface area (Å²) in [4.78, 5) is 22.1. The Kier molecular flexibility index (Phi) is 4.51. The number of fused-ring (bicyclic) bond motifs is 1. The molecular weight excluding hydrogens is 246 g/mol. The van der Waals surface area contributed by atoms with Crippen LogP contribution in [0.2, 0.25) is 0 Å². The van der Waals surface area contributed by atoms with Crippen molar-refractivity contribution in [2.24, 2.45) is 0 Å². The zero-order valence-corrected chi connectivity index (χ0v) is 11.1. The van der Waals surface area contributed by atoms with Crippen LogP contribution in [0.3, 0.4) is 0 Å². The highest BCUT2D eigenvalue weighted by atomic mass is 16.5. The molecule has 0 saturated heterocycles. The molecule has 0 atom stereocenters. The molecule has 2 aromatic rings. The summed E-state index contributed by atoms with van der Waals surface area (Å²) in [7, 11) is 0. The predicted octanol–water partition coefficient (Wildman–Crippen LogP) is 1.26. The van der Waals surface area contributed by atoms with E-state index in [4.69, 9.17) is 10.5 Å². The van der Waals surface area contributed by atoms with Gasteiger partial charge in [0.2, 0.25) is 5.95 Å². The molecule has 104 valence electrons. The number of aromatic nitrogens is 4. The van der Waals surface area contributed by atoms with Gasteiger partial charge in [0, 0.05) is 6.61 Å². The van der Waals surface area contributed by atoms with E-state index in [0.717, 1.165) is 6.42 Å². The molecule has 0 radical (unpaired) electrons. The van der Waals surface area contributed by atoms with Gasteiger partial charge in [0.25, 0.3) is 5.56 Å². The molecule has 2 heterocycles. The number of unbranched alkanes of at least 4 members (excludes halogenated alkanes) is 3. The van der Waals surface area contributed by atoms with Crippen LogP contribution in [0.15, 0.2) is 11.1 Å². The van der Waals surface area contributed by atoms with E-state index in [0.29, 0.717) is 19.0 Å². The van der Waals surface area contributed by atoms with Crippen molar-refractivity contribution in [2.75, 3.05) is 12.3 Å². The van der Waals surface area contributed by atoms with Crippen molar-refractivity contribution in [3.63, 3.8) is 0 Å². The standard InChI is InChI=1S/C12H19N5O2/c1-2-3-4-5-6-19-8-17-7-14-9-10(17)15-12(13)16-11(9)18/h7H,2-6,8H2,1H3,(H3,13,15,16,18). The van der Waals surface area contributed by atoms with E-state index in [2.05, 4.69) is 21.9 Å². The van der Waals surface area contributed by atoms with Gasteiger partial charge in [0.1, 0.15) is 6.73 Å². The maximum absolute atomic E-state index is 11.6. The Bertz CT molecular complexity index is 589. The predicted molar refractivity (Wildman–Crippen MR) is 72.7 cm³/mol. The van der Waals surface area contributed by atoms with E-state index in [1.807, 2.05) is 0 Å². The largest absolute Gasteiger partial charge is 0.369 e. The summed E-state index contributed by atoms with van der Waals surface area (Å²) in [6, 6.07) is 0. The molecule has 0 aliphatic carbocycles. The lowest BCUT2D eigenvalue weighted by atomic mass is 10.2. The number of hydrogen-bond acceptors (Lipinski definition) is 5. The summed E-state index contributed by atoms with van der Waals surface area (Å²) in [6.45, 7) is 3.20. The van der Waals surface area contributed by atoms with Crippen LogP contribution in [0.1, 0.15) is 32.6 Å². The van der Waals surface area contributed by atoms with E-state index in [-0.39, 0.29) is 17.0 Å². The topological polar surface area (TPSA) is 98.8 Å². The molecule has 3 N–H and O–H groups in total. The first-order valence-electron chi connectivity index (χ1n) is 6.50. The number of H-pyrrole nitrogens is 1. The Labute approximate surface area is 110 Å². The second-order valence-corrected chi connectivity index (χ2v) is 4.44. The van der Waals surface area contributed by atoms with Crippen LogP contribution in [0.4, 0.5) is 5.95 Å². The minimum atomic E-state index is -0.329. The fraction of sp³-hybridized carbons (Fsp3) is 0.583. The van der Waals surface area contributed by atoms with Crippen molar-refractivity contribution in [3.8, 4) is 0 Å². The third-order valence-corrected chi connectivity index (χ3v) is 2.87. The van der Waals surface area contributed by atoms with Crippen LogP contribution in [-0.2, 0) is 11.5 Å². The Morgan fingerprint density at radius 2 is 2.26 bits per heavy atom. The Hall–Kier alpha value is -1.89. The number of imidazole rings is 1. The molecule has 0 spiro atoms. The summed E-state index contributed by atoms with van der Waals surface area (Å²) in [5.41, 5.74) is 5.92. The minimum Gasteiger partial charge on any atom is -0.369 e. The second-order valence-electron chi connectivity index (χ2n) is 4.44. The minimum absolute atomic E-state index is 0.0854. The molecule has 0 aliphatic heterocycles. The molecule has 7 nitrogen and oxygen atoms in total. The zero-order valence-electron chi connectivity index (χ0n) is 11.1. The van der Waals surface area contributed by atoms with Crippen molar-refractivity contribution in [1.82, 2.24) is 19.5 Å². The molecule has 0 fully saturated rings. The lowest BCUT2D eigenvalue weighted by molar-refractivity contribution is 0.0760. The Morgan fingerprint density at radius 3 is 3.05 bits per heavy atom. The molecule has 0 amide bonds. The molecule has 2 rings (SSSR count). The second kappa shape index (κ2) is 6.33. The molecule has 0 bridgehead atoms. The average molecular weight is 265 g/mol. The van der Waals surface area contributed by atoms with Gasteiger partial charge in [-0.05, 0) is 6.42 Å². The van der Waals surface area contributed by atoms with Crippen molar-refractivity contribution in [2.45, 2.75) is 39.3 Å². The number of nitrogen functional groups attached to an aromatic ring is 1. The highest BCUT2D eigenvalue weighted by Gasteiger charge is 2.08. The lowest BCUT2D eigenvalue weighted by Gasteiger charge is -2.05. The number of nitrogens with one attached hydrogen (secondary N) is 1. The van der Waals surface area contributed by atoms with E-state index in [1.165, 1.54) is 19.3 Å². The van der Waals surface area contributed by atoms with E-state index >= 15 is 0 Å². The summed E-state index contributed by atoms with van der Waals surface area (Å²) in [5, 5.41) is 0. The quantitative estimate of drug-likeness (QED) is 0.734. The van der Waals surface area contributed by atoms with E-state index in [1.54, 1.807) is 10.9 Å². The lowest BCUT2D eigenvalue weighted by Crippen LogP contribution is -2.12. The number of aromatic amines is 1. The van der Waals surface area contributed by atoms with Crippen LogP contribution in [-0.4, -0.2) is 26.1 Å². The fourth-order valence-corrected chi connectivity index (χ4v) is 1.86. The summed E-state index contributed by atoms with van der Waals surface area (Å²) in [6.07, 6.45) is 6.18. The third kappa shape index (κ3) is 3.31. The first kappa shape index (κ1) is 13.5. The number of rotatable bonds is 7. The van der Waals surface area contributed by atoms with Gasteiger partial charge in [0.05, 0.1) is 6.33 Å². The molecule has 0 saturated carbocycles. The van der Waals surface area contributed by atoms with Crippen LogP contribution in [0, 0.1) is 0 Å². The van der Waals surface area contributed by atoms with Gasteiger partial charge in [-0.2, -0.15) is 4.98 Å². The van der Waals surface area contributed by atoms with Crippen molar-refractivity contribution < 1.29 is 4.74 Å². The number of ether oxygens (including phenoxy) is 1. The van der Waals surface area contributed by atoms with E-state index in [9.17, 15) is 4.79 Å². The normalized spacial score (nSPS) is 11.2. The Morgan fingerprint density at radius 1 is 1.42 bits per heavy atom. The van der Waals surface area contributed by atoms with Crippen LogP contribution in [0.25, 0.3) is 11.2 Å². The van der Waals surface area contributed by atoms with Gasteiger partial charge in [-0.1, -0.05) is 26.2 Å². The summed E-state index contributed by atoms with van der Waals surface area (Å²) >= 11 is 0. The molecule has 19 heavy (non-hydrogen) atoms. The van der Waals surface area contributed by atoms with Crippen LogP contribution >= 0.6 is 0 Å². The fourth-order valence-electron chi connectivity index (χ4n) is 1.86. The zero-order chi connectivity index (χ0) is 13.7. The van der Waals surface area contributed by atoms with Gasteiger partial charge < -0.3 is 10.5 Å². The number of nitrogens with zero attached hydrogens (tertiary/aromatic N) is 3. The highest BCUT2D eigenvalue weighted by molar-refractivity contribution is 5.70. The molecule has 0 aliphatic rings. The maximum atomic E-state index is 11.6. The first-order chi connectivity index (χ1) is 9.22.